The third-order valence-corrected chi connectivity index (χ3v) is 16.2. The smallest absolute Gasteiger partial charge is 0.317 e. The van der Waals surface area contributed by atoms with E-state index in [-0.39, 0.29) is 72.4 Å². The Morgan fingerprint density at radius 1 is 0.745 bits per heavy atom. The largest absolute Gasteiger partial charge is 0.481 e. The van der Waals surface area contributed by atoms with Crippen LogP contribution in [-0.2, 0) is 38.2 Å². The van der Waals surface area contributed by atoms with Gasteiger partial charge >= 0.3 is 29.8 Å². The van der Waals surface area contributed by atoms with E-state index < -0.39 is 64.5 Å². The van der Waals surface area contributed by atoms with Gasteiger partial charge in [-0.1, -0.05) is 27.7 Å². The van der Waals surface area contributed by atoms with Crippen molar-refractivity contribution in [2.45, 2.75) is 105 Å². The molecule has 0 aromatic carbocycles. The Labute approximate surface area is 302 Å². The standard InChI is InChI=1S/C41H60O10/c1-8-41(9-2,16-42)17-49-37(46)32-23-15-26(31(32)35(43)44)28(19(23)4)29-22-13-24(25(14-22)36(45)51-40(5,6)7)30(29)34-33(38(47)50-39(34)48)27-18(3)20-10-11-21(27)12-20/h18-34,42H,8-17H2,1-7H3,(H,43,44). The number of esters is 4. The molecule has 7 fully saturated rings. The number of carboxylic acid groups (broad SMARTS) is 1. The molecule has 51 heavy (non-hydrogen) atoms. The lowest BCUT2D eigenvalue weighted by Crippen LogP contribution is -2.51. The molecule has 2 N–H and O–H groups in total. The van der Waals surface area contributed by atoms with E-state index in [0.717, 1.165) is 25.7 Å². The predicted molar refractivity (Wildman–Crippen MR) is 184 cm³/mol. The van der Waals surface area contributed by atoms with Gasteiger partial charge in [-0.25, -0.2) is 0 Å². The summed E-state index contributed by atoms with van der Waals surface area (Å²) in [5.41, 5.74) is -1.22. The van der Waals surface area contributed by atoms with Crippen LogP contribution >= 0.6 is 0 Å². The summed E-state index contributed by atoms with van der Waals surface area (Å²) in [5, 5.41) is 20.8. The predicted octanol–water partition coefficient (Wildman–Crippen LogP) is 5.78. The monoisotopic (exact) mass is 712 g/mol. The molecule has 10 nitrogen and oxygen atoms in total. The van der Waals surface area contributed by atoms with E-state index in [1.165, 1.54) is 0 Å². The molecule has 1 saturated heterocycles. The van der Waals surface area contributed by atoms with E-state index in [4.69, 9.17) is 14.2 Å². The van der Waals surface area contributed by atoms with Gasteiger partial charge in [-0.2, -0.15) is 0 Å². The summed E-state index contributed by atoms with van der Waals surface area (Å²) in [7, 11) is 0. The molecule has 7 rings (SSSR count). The number of fused-ring (bicyclic) bond motifs is 6. The summed E-state index contributed by atoms with van der Waals surface area (Å²) in [6.45, 7) is 13.8. The van der Waals surface area contributed by atoms with Crippen molar-refractivity contribution in [2.24, 2.45) is 106 Å². The zero-order valence-electron chi connectivity index (χ0n) is 31.5. The molecule has 6 saturated carbocycles. The topological polar surface area (TPSA) is 154 Å². The van der Waals surface area contributed by atoms with E-state index in [2.05, 4.69) is 13.8 Å². The molecule has 17 atom stereocenters. The maximum atomic E-state index is 14.0. The van der Waals surface area contributed by atoms with Crippen molar-refractivity contribution >= 4 is 29.8 Å². The number of cyclic esters (lactones) is 2. The molecule has 0 aromatic heterocycles. The first-order valence-corrected chi connectivity index (χ1v) is 20.0. The Hall–Kier alpha value is -2.49. The molecule has 1 heterocycles. The van der Waals surface area contributed by atoms with E-state index in [1.807, 2.05) is 34.6 Å². The minimum atomic E-state index is -1.00. The van der Waals surface area contributed by atoms with Crippen molar-refractivity contribution in [1.29, 1.82) is 0 Å². The minimum absolute atomic E-state index is 0.0112. The number of hydrogen-bond donors (Lipinski definition) is 2. The second-order valence-corrected chi connectivity index (χ2v) is 19.1. The number of carbonyl (C=O) groups excluding carboxylic acids is 4. The lowest BCUT2D eigenvalue weighted by molar-refractivity contribution is -0.170. The molecule has 0 spiro atoms. The highest BCUT2D eigenvalue weighted by Gasteiger charge is 2.71. The molecule has 10 heteroatoms. The van der Waals surface area contributed by atoms with Gasteiger partial charge in [0.25, 0.3) is 0 Å². The fourth-order valence-electron chi connectivity index (χ4n) is 13.8. The summed E-state index contributed by atoms with van der Waals surface area (Å²) in [6, 6.07) is 0. The zero-order valence-corrected chi connectivity index (χ0v) is 31.5. The third-order valence-electron chi connectivity index (χ3n) is 16.2. The van der Waals surface area contributed by atoms with Crippen LogP contribution in [0.4, 0.5) is 0 Å². The Morgan fingerprint density at radius 2 is 1.39 bits per heavy atom. The number of rotatable bonds is 11. The first-order chi connectivity index (χ1) is 24.1. The third kappa shape index (κ3) is 5.78. The van der Waals surface area contributed by atoms with Gasteiger partial charge in [0.2, 0.25) is 0 Å². The molecule has 6 aliphatic carbocycles. The van der Waals surface area contributed by atoms with Crippen LogP contribution in [0.2, 0.25) is 0 Å². The van der Waals surface area contributed by atoms with Gasteiger partial charge in [0.1, 0.15) is 5.60 Å². The van der Waals surface area contributed by atoms with Crippen LogP contribution in [0, 0.1) is 106 Å². The van der Waals surface area contributed by atoms with E-state index in [9.17, 15) is 34.2 Å². The minimum Gasteiger partial charge on any atom is -0.481 e. The van der Waals surface area contributed by atoms with Gasteiger partial charge in [-0.05, 0) is 143 Å². The summed E-state index contributed by atoms with van der Waals surface area (Å²) in [6.07, 6.45) is 6.50. The van der Waals surface area contributed by atoms with E-state index in [1.54, 1.807) is 0 Å². The Bertz CT molecular complexity index is 1420. The number of hydrogen-bond acceptors (Lipinski definition) is 9. The molecular formula is C41H60O10. The average molecular weight is 713 g/mol. The number of aliphatic hydroxyl groups excluding tert-OH is 1. The Morgan fingerprint density at radius 3 is 1.96 bits per heavy atom. The molecule has 0 aromatic rings. The summed E-state index contributed by atoms with van der Waals surface area (Å²) in [4.78, 5) is 68.5. The maximum absolute atomic E-state index is 14.0. The first-order valence-electron chi connectivity index (χ1n) is 20.0. The molecular weight excluding hydrogens is 652 g/mol. The van der Waals surface area contributed by atoms with Crippen molar-refractivity contribution in [2.75, 3.05) is 13.2 Å². The van der Waals surface area contributed by atoms with Gasteiger partial charge < -0.3 is 24.4 Å². The van der Waals surface area contributed by atoms with Gasteiger partial charge in [0.05, 0.1) is 42.8 Å². The van der Waals surface area contributed by atoms with Crippen molar-refractivity contribution in [3.63, 3.8) is 0 Å². The van der Waals surface area contributed by atoms with Crippen molar-refractivity contribution in [3.8, 4) is 0 Å². The lowest BCUT2D eigenvalue weighted by atomic mass is 9.54. The SMILES string of the molecule is CCC(CC)(CO)COC(=O)C1C2CC(C1C(=O)O)C(C1C3CC(C(=O)OC(C)(C)C)C(C3)C1C1C(=O)OC(=O)C1C1C3CCC(C3)C1C)C2C. The van der Waals surface area contributed by atoms with Crippen LogP contribution in [-0.4, -0.2) is 58.9 Å². The van der Waals surface area contributed by atoms with Gasteiger partial charge in [-0.3, -0.25) is 24.0 Å². The van der Waals surface area contributed by atoms with Gasteiger partial charge in [-0.15, -0.1) is 0 Å². The van der Waals surface area contributed by atoms with Crippen LogP contribution in [0.25, 0.3) is 0 Å². The quantitative estimate of drug-likeness (QED) is 0.153. The highest BCUT2D eigenvalue weighted by atomic mass is 16.6. The fourth-order valence-corrected chi connectivity index (χ4v) is 13.8. The highest BCUT2D eigenvalue weighted by Crippen LogP contribution is 2.70. The van der Waals surface area contributed by atoms with Gasteiger partial charge in [0.15, 0.2) is 0 Å². The Balaban J connectivity index is 1.22. The second-order valence-electron chi connectivity index (χ2n) is 19.1. The van der Waals surface area contributed by atoms with Crippen LogP contribution in [0.15, 0.2) is 0 Å². The molecule has 7 aliphatic rings. The van der Waals surface area contributed by atoms with Crippen LogP contribution in [0.5, 0.6) is 0 Å². The van der Waals surface area contributed by atoms with E-state index in [0.29, 0.717) is 43.4 Å². The van der Waals surface area contributed by atoms with Crippen molar-refractivity contribution in [3.05, 3.63) is 0 Å². The molecule has 6 bridgehead atoms. The number of ether oxygens (including phenoxy) is 3. The van der Waals surface area contributed by atoms with Crippen molar-refractivity contribution < 1.29 is 48.4 Å². The number of carboxylic acids is 1. The number of aliphatic carboxylic acids is 1. The maximum Gasteiger partial charge on any atom is 0.317 e. The summed E-state index contributed by atoms with van der Waals surface area (Å²) >= 11 is 0. The highest BCUT2D eigenvalue weighted by molar-refractivity contribution is 5.97. The van der Waals surface area contributed by atoms with Crippen LogP contribution in [0.3, 0.4) is 0 Å². The molecule has 0 radical (unpaired) electrons. The number of carbonyl (C=O) groups is 5. The zero-order chi connectivity index (χ0) is 36.9. The summed E-state index contributed by atoms with van der Waals surface area (Å²) < 4.78 is 17.4. The van der Waals surface area contributed by atoms with Gasteiger partial charge in [0, 0.05) is 5.41 Å². The van der Waals surface area contributed by atoms with Crippen LogP contribution < -0.4 is 0 Å². The number of aliphatic hydroxyl groups is 1. The molecule has 284 valence electrons. The van der Waals surface area contributed by atoms with E-state index >= 15 is 0 Å². The lowest BCUT2D eigenvalue weighted by Gasteiger charge is -2.48. The van der Waals surface area contributed by atoms with Crippen molar-refractivity contribution in [1.82, 2.24) is 0 Å². The summed E-state index contributed by atoms with van der Waals surface area (Å²) in [5.74, 6) is -5.72. The van der Waals surface area contributed by atoms with Crippen LogP contribution in [0.1, 0.15) is 99.8 Å². The fraction of sp³-hybridized carbons (Fsp3) is 0.878. The molecule has 1 aliphatic heterocycles. The normalized spacial score (nSPS) is 45.5. The second kappa shape index (κ2) is 13.1. The molecule has 0 amide bonds. The average Bonchev–Trinajstić information content (AvgIpc) is 3.93. The first kappa shape index (κ1) is 36.9. The molecule has 17 unspecified atom stereocenters. The Kier molecular flexibility index (Phi) is 9.48.